The van der Waals surface area contributed by atoms with Gasteiger partial charge in [-0.1, -0.05) is 43.2 Å². The molecule has 1 unspecified atom stereocenters. The summed E-state index contributed by atoms with van der Waals surface area (Å²) in [7, 11) is 3.50. The molecule has 2 rings (SSSR count). The van der Waals surface area contributed by atoms with E-state index in [9.17, 15) is 4.79 Å². The molecule has 6 nitrogen and oxygen atoms in total. The van der Waals surface area contributed by atoms with Gasteiger partial charge in [0, 0.05) is 33.3 Å². The van der Waals surface area contributed by atoms with Gasteiger partial charge in [0.1, 0.15) is 6.54 Å². The van der Waals surface area contributed by atoms with Gasteiger partial charge < -0.3 is 20.3 Å². The number of amides is 1. The number of ether oxygens (including phenoxy) is 1. The second kappa shape index (κ2) is 11.6. The number of nitrogens with zero attached hydrogens (tertiary/aromatic N) is 2. The summed E-state index contributed by atoms with van der Waals surface area (Å²) in [4.78, 5) is 17.8. The van der Waals surface area contributed by atoms with Crippen molar-refractivity contribution in [2.75, 3.05) is 33.8 Å². The number of hydrogen-bond donors (Lipinski definition) is 2. The lowest BCUT2D eigenvalue weighted by Gasteiger charge is -2.18. The van der Waals surface area contributed by atoms with E-state index in [0.29, 0.717) is 12.6 Å². The van der Waals surface area contributed by atoms with Gasteiger partial charge in [-0.3, -0.25) is 4.79 Å². The van der Waals surface area contributed by atoms with Crippen LogP contribution in [0.1, 0.15) is 50.7 Å². The summed E-state index contributed by atoms with van der Waals surface area (Å²) >= 11 is 0. The molecule has 1 aromatic rings. The van der Waals surface area contributed by atoms with Gasteiger partial charge in [0.25, 0.3) is 0 Å². The summed E-state index contributed by atoms with van der Waals surface area (Å²) in [5.41, 5.74) is 1.19. The zero-order chi connectivity index (χ0) is 19.5. The monoisotopic (exact) mass is 374 g/mol. The lowest BCUT2D eigenvalue weighted by Crippen LogP contribution is -2.43. The average Bonchev–Trinajstić information content (AvgIpc) is 3.18. The third-order valence-electron chi connectivity index (χ3n) is 4.82. The van der Waals surface area contributed by atoms with Crippen LogP contribution in [-0.2, 0) is 9.53 Å². The molecule has 0 saturated heterocycles. The Kier molecular flexibility index (Phi) is 9.11. The molecule has 1 aliphatic carbocycles. The van der Waals surface area contributed by atoms with E-state index in [1.54, 1.807) is 19.0 Å². The van der Waals surface area contributed by atoms with Crippen molar-refractivity contribution in [1.82, 2.24) is 15.5 Å². The van der Waals surface area contributed by atoms with Crippen molar-refractivity contribution < 1.29 is 9.53 Å². The first-order chi connectivity index (χ1) is 13.1. The topological polar surface area (TPSA) is 66.0 Å². The zero-order valence-corrected chi connectivity index (χ0v) is 16.9. The van der Waals surface area contributed by atoms with Crippen LogP contribution in [0, 0.1) is 0 Å². The maximum Gasteiger partial charge on any atom is 0.243 e. The van der Waals surface area contributed by atoms with E-state index >= 15 is 0 Å². The fourth-order valence-corrected chi connectivity index (χ4v) is 3.06. The van der Waals surface area contributed by atoms with Crippen LogP contribution in [0.25, 0.3) is 0 Å². The molecule has 1 saturated carbocycles. The largest absolute Gasteiger partial charge is 0.374 e. The van der Waals surface area contributed by atoms with Gasteiger partial charge in [-0.2, -0.15) is 0 Å². The summed E-state index contributed by atoms with van der Waals surface area (Å²) < 4.78 is 5.91. The molecule has 1 atom stereocenters. The van der Waals surface area contributed by atoms with Crippen LogP contribution in [0.2, 0.25) is 0 Å². The number of guanidine groups is 1. The van der Waals surface area contributed by atoms with Crippen LogP contribution < -0.4 is 10.6 Å². The van der Waals surface area contributed by atoms with Gasteiger partial charge in [0.15, 0.2) is 5.96 Å². The molecule has 1 amide bonds. The van der Waals surface area contributed by atoms with E-state index < -0.39 is 0 Å². The highest BCUT2D eigenvalue weighted by Gasteiger charge is 2.16. The van der Waals surface area contributed by atoms with Crippen LogP contribution in [0.4, 0.5) is 0 Å². The smallest absolute Gasteiger partial charge is 0.243 e. The van der Waals surface area contributed by atoms with Crippen LogP contribution >= 0.6 is 0 Å². The Morgan fingerprint density at radius 1 is 1.26 bits per heavy atom. The lowest BCUT2D eigenvalue weighted by atomic mass is 10.1. The van der Waals surface area contributed by atoms with Crippen LogP contribution in [0.5, 0.6) is 0 Å². The summed E-state index contributed by atoms with van der Waals surface area (Å²) in [6, 6.07) is 10.7. The Labute approximate surface area is 163 Å². The van der Waals surface area contributed by atoms with Crippen molar-refractivity contribution in [2.45, 2.75) is 51.2 Å². The molecule has 27 heavy (non-hydrogen) atoms. The number of likely N-dealkylation sites (N-methyl/N-ethyl adjacent to an activating group) is 1. The molecule has 150 valence electrons. The minimum absolute atomic E-state index is 0.00235. The zero-order valence-electron chi connectivity index (χ0n) is 16.9. The molecule has 6 heteroatoms. The predicted molar refractivity (Wildman–Crippen MR) is 110 cm³/mol. The number of carbonyl (C=O) groups is 1. The van der Waals surface area contributed by atoms with Crippen molar-refractivity contribution in [3.63, 3.8) is 0 Å². The fourth-order valence-electron chi connectivity index (χ4n) is 3.06. The first-order valence-electron chi connectivity index (χ1n) is 9.98. The third-order valence-corrected chi connectivity index (χ3v) is 4.82. The first kappa shape index (κ1) is 21.2. The Morgan fingerprint density at radius 3 is 2.63 bits per heavy atom. The van der Waals surface area contributed by atoms with E-state index in [1.807, 2.05) is 18.2 Å². The molecule has 1 aromatic carbocycles. The predicted octanol–water partition coefficient (Wildman–Crippen LogP) is 2.72. The van der Waals surface area contributed by atoms with Crippen molar-refractivity contribution in [3.8, 4) is 0 Å². The fraction of sp³-hybridized carbons (Fsp3) is 0.619. The van der Waals surface area contributed by atoms with E-state index in [0.717, 1.165) is 18.9 Å². The third kappa shape index (κ3) is 7.99. The summed E-state index contributed by atoms with van der Waals surface area (Å²) in [5, 5.41) is 6.81. The summed E-state index contributed by atoms with van der Waals surface area (Å²) in [6.45, 7) is 3.67. The van der Waals surface area contributed by atoms with Crippen molar-refractivity contribution >= 4 is 11.9 Å². The van der Waals surface area contributed by atoms with E-state index in [4.69, 9.17) is 4.74 Å². The average molecular weight is 375 g/mol. The second-order valence-electron chi connectivity index (χ2n) is 7.28. The molecule has 0 aromatic heterocycles. The maximum atomic E-state index is 11.8. The van der Waals surface area contributed by atoms with Crippen molar-refractivity contribution in [2.24, 2.45) is 4.99 Å². The number of rotatable bonds is 9. The van der Waals surface area contributed by atoms with E-state index in [2.05, 4.69) is 34.7 Å². The number of aliphatic imine (C=N–C) groups is 1. The molecule has 1 aliphatic rings. The highest BCUT2D eigenvalue weighted by molar-refractivity contribution is 5.84. The highest BCUT2D eigenvalue weighted by atomic mass is 16.5. The van der Waals surface area contributed by atoms with Crippen LogP contribution in [0.15, 0.2) is 35.3 Å². The molecule has 2 N–H and O–H groups in total. The minimum Gasteiger partial charge on any atom is -0.374 e. The van der Waals surface area contributed by atoms with Gasteiger partial charge in [0.05, 0.1) is 6.10 Å². The molecule has 0 radical (unpaired) electrons. The van der Waals surface area contributed by atoms with Crippen molar-refractivity contribution in [1.29, 1.82) is 0 Å². The second-order valence-corrected chi connectivity index (χ2v) is 7.28. The highest BCUT2D eigenvalue weighted by Crippen LogP contribution is 2.17. The Morgan fingerprint density at radius 2 is 1.96 bits per heavy atom. The summed E-state index contributed by atoms with van der Waals surface area (Å²) in [6.07, 6.45) is 5.82. The first-order valence-corrected chi connectivity index (χ1v) is 9.98. The molecular formula is C21H34N4O2. The molecule has 0 heterocycles. The van der Waals surface area contributed by atoms with Crippen LogP contribution in [-0.4, -0.2) is 56.6 Å². The number of hydrogen-bond acceptors (Lipinski definition) is 3. The number of carbonyl (C=O) groups excluding carboxylic acids is 1. The molecular weight excluding hydrogens is 340 g/mol. The van der Waals surface area contributed by atoms with Gasteiger partial charge in [-0.15, -0.1) is 0 Å². The number of nitrogens with one attached hydrogen (secondary N) is 2. The molecule has 0 spiro atoms. The van der Waals surface area contributed by atoms with E-state index in [-0.39, 0.29) is 18.6 Å². The van der Waals surface area contributed by atoms with Crippen molar-refractivity contribution in [3.05, 3.63) is 35.9 Å². The Bertz CT molecular complexity index is 583. The normalized spacial score (nSPS) is 16.2. The molecule has 1 fully saturated rings. The molecule has 0 aliphatic heterocycles. The van der Waals surface area contributed by atoms with Gasteiger partial charge >= 0.3 is 0 Å². The van der Waals surface area contributed by atoms with Gasteiger partial charge in [0.2, 0.25) is 5.91 Å². The van der Waals surface area contributed by atoms with E-state index in [1.165, 1.54) is 31.2 Å². The lowest BCUT2D eigenvalue weighted by molar-refractivity contribution is -0.127. The number of benzene rings is 1. The Hall–Kier alpha value is -2.08. The Balaban J connectivity index is 1.73. The standard InChI is InChI=1S/C21H34N4O2/c1-17(18-10-5-4-6-11-18)27-15-9-14-22-21(23-16-20(26)25(2)3)24-19-12-7-8-13-19/h4-6,10-11,17,19H,7-9,12-16H2,1-3H3,(H2,22,23,24). The SMILES string of the molecule is CC(OCCCNC(=NCC(=O)N(C)C)NC1CCCC1)c1ccccc1. The quantitative estimate of drug-likeness (QED) is 0.396. The maximum absolute atomic E-state index is 11.8. The van der Waals surface area contributed by atoms with Gasteiger partial charge in [-0.25, -0.2) is 4.99 Å². The minimum atomic E-state index is 0.00235. The van der Waals surface area contributed by atoms with Gasteiger partial charge in [-0.05, 0) is 31.7 Å². The van der Waals surface area contributed by atoms with Crippen LogP contribution in [0.3, 0.4) is 0 Å². The summed E-state index contributed by atoms with van der Waals surface area (Å²) in [5.74, 6) is 0.732. The molecule has 0 bridgehead atoms.